The number of hydrogen-bond acceptors (Lipinski definition) is 7. The molecule has 2 aromatic carbocycles. The van der Waals surface area contributed by atoms with Gasteiger partial charge in [-0.05, 0) is 60.7 Å². The molecular weight excluding hydrogens is 516 g/mol. The van der Waals surface area contributed by atoms with Gasteiger partial charge in [0.25, 0.3) is 0 Å². The molecule has 0 fully saturated rings. The number of sulfone groups is 1. The van der Waals surface area contributed by atoms with Gasteiger partial charge in [0.1, 0.15) is 0 Å². The van der Waals surface area contributed by atoms with Crippen molar-refractivity contribution >= 4 is 33.3 Å². The molecule has 39 heavy (non-hydrogen) atoms. The Bertz CT molecular complexity index is 1280. The normalized spacial score (nSPS) is 21.9. The van der Waals surface area contributed by atoms with Gasteiger partial charge >= 0.3 is 12.1 Å². The zero-order valence-electron chi connectivity index (χ0n) is 23.7. The number of rotatable bonds is 10. The number of ether oxygens (including phenoxy) is 1. The Labute approximate surface area is 232 Å². The largest absolute Gasteiger partial charge is 0.419 e. The van der Waals surface area contributed by atoms with E-state index in [2.05, 4.69) is 12.2 Å². The van der Waals surface area contributed by atoms with Crippen molar-refractivity contribution in [3.8, 4) is 0 Å². The molecule has 0 spiro atoms. The zero-order valence-corrected chi connectivity index (χ0v) is 24.5. The molecular formula is C30H42N2O6S. The van der Waals surface area contributed by atoms with Gasteiger partial charge in [0.05, 0.1) is 16.8 Å². The molecule has 1 aliphatic rings. The number of nitrogens with zero attached hydrogens (tertiary/aromatic N) is 1. The Kier molecular flexibility index (Phi) is 10.2. The Morgan fingerprint density at radius 2 is 1.79 bits per heavy atom. The second kappa shape index (κ2) is 13.0. The lowest BCUT2D eigenvalue weighted by Gasteiger charge is -2.39. The van der Waals surface area contributed by atoms with E-state index in [-0.39, 0.29) is 17.1 Å². The van der Waals surface area contributed by atoms with E-state index in [1.165, 1.54) is 0 Å². The first kappa shape index (κ1) is 30.6. The number of unbranched alkanes of at least 4 members (excludes halogenated alkanes) is 2. The molecule has 214 valence electrons. The fourth-order valence-electron chi connectivity index (χ4n) is 5.43. The van der Waals surface area contributed by atoms with Crippen molar-refractivity contribution in [3.05, 3.63) is 53.6 Å². The van der Waals surface area contributed by atoms with Crippen LogP contribution >= 0.6 is 0 Å². The number of benzene rings is 2. The van der Waals surface area contributed by atoms with Crippen LogP contribution in [0.3, 0.4) is 0 Å². The van der Waals surface area contributed by atoms with Crippen LogP contribution in [0.4, 0.5) is 16.2 Å². The summed E-state index contributed by atoms with van der Waals surface area (Å²) in [6.07, 6.45) is 2.51. The first-order chi connectivity index (χ1) is 18.5. The van der Waals surface area contributed by atoms with Gasteiger partial charge in [0, 0.05) is 43.2 Å². The summed E-state index contributed by atoms with van der Waals surface area (Å²) < 4.78 is 32.5. The predicted molar refractivity (Wildman–Crippen MR) is 154 cm³/mol. The van der Waals surface area contributed by atoms with Gasteiger partial charge in [-0.1, -0.05) is 52.2 Å². The third kappa shape index (κ3) is 7.00. The minimum atomic E-state index is -3.70. The number of amides is 1. The summed E-state index contributed by atoms with van der Waals surface area (Å²) in [5.74, 6) is -1.38. The maximum Gasteiger partial charge on any atom is 0.419 e. The van der Waals surface area contributed by atoms with E-state index >= 15 is 0 Å². The van der Waals surface area contributed by atoms with Gasteiger partial charge in [-0.25, -0.2) is 13.2 Å². The molecule has 0 saturated heterocycles. The molecule has 3 unspecified atom stereocenters. The average Bonchev–Trinajstić information content (AvgIpc) is 2.96. The molecule has 0 aliphatic carbocycles. The van der Waals surface area contributed by atoms with Crippen LogP contribution in [0.25, 0.3) is 0 Å². The first-order valence-corrected chi connectivity index (χ1v) is 15.5. The van der Waals surface area contributed by atoms with E-state index in [4.69, 9.17) is 4.74 Å². The van der Waals surface area contributed by atoms with E-state index in [1.54, 1.807) is 30.3 Å². The van der Waals surface area contributed by atoms with E-state index in [0.717, 1.165) is 24.9 Å². The highest BCUT2D eigenvalue weighted by Crippen LogP contribution is 2.49. The summed E-state index contributed by atoms with van der Waals surface area (Å²) in [5.41, 5.74) is 1.57. The topological polar surface area (TPSA) is 113 Å². The number of esters is 1. The van der Waals surface area contributed by atoms with Gasteiger partial charge in [0.2, 0.25) is 0 Å². The Morgan fingerprint density at radius 1 is 1.08 bits per heavy atom. The molecule has 3 rings (SSSR count). The number of carbonyl (C=O) groups is 2. The lowest BCUT2D eigenvalue weighted by atomic mass is 9.69. The number of nitrogens with one attached hydrogen (secondary N) is 1. The van der Waals surface area contributed by atoms with Crippen LogP contribution in [0.2, 0.25) is 0 Å². The standard InChI is InChI=1S/C30H42N2O6S/c1-6-9-14-26(33)38-29(35)31-22-13-11-12-21(18-22)27-24-19-23(32(4)5)15-16-25(24)39(36,37)20-30(8-3,28(27)34)17-10-7-2/h11-13,15-16,18-19,27-28,34H,6-10,14,17,20H2,1-5H3,(H,31,35). The lowest BCUT2D eigenvalue weighted by molar-refractivity contribution is -0.137. The van der Waals surface area contributed by atoms with Crippen LogP contribution < -0.4 is 10.2 Å². The van der Waals surface area contributed by atoms with E-state index in [1.807, 2.05) is 45.0 Å². The number of aliphatic hydroxyl groups excluding tert-OH is 1. The molecule has 0 aromatic heterocycles. The molecule has 0 bridgehead atoms. The van der Waals surface area contributed by atoms with Crippen LogP contribution in [-0.2, 0) is 19.4 Å². The Hall–Kier alpha value is -2.91. The van der Waals surface area contributed by atoms with Gasteiger partial charge < -0.3 is 14.7 Å². The SMILES string of the molecule is CCCCC(=O)OC(=O)Nc1cccc(C2c3cc(N(C)C)ccc3S(=O)(=O)CC(CC)(CCCC)C2O)c1. The van der Waals surface area contributed by atoms with Crippen LogP contribution in [0, 0.1) is 5.41 Å². The van der Waals surface area contributed by atoms with Crippen LogP contribution in [-0.4, -0.2) is 51.5 Å². The van der Waals surface area contributed by atoms with Gasteiger partial charge in [-0.3, -0.25) is 10.1 Å². The first-order valence-electron chi connectivity index (χ1n) is 13.8. The summed E-state index contributed by atoms with van der Waals surface area (Å²) in [5, 5.41) is 14.7. The number of hydrogen-bond donors (Lipinski definition) is 2. The summed E-state index contributed by atoms with van der Waals surface area (Å²) in [6.45, 7) is 5.94. The van der Waals surface area contributed by atoms with Crippen molar-refractivity contribution < 1.29 is 27.9 Å². The third-order valence-electron chi connectivity index (χ3n) is 7.77. The highest BCUT2D eigenvalue weighted by Gasteiger charge is 2.49. The third-order valence-corrected chi connectivity index (χ3v) is 9.76. The van der Waals surface area contributed by atoms with Crippen molar-refractivity contribution in [2.75, 3.05) is 30.1 Å². The van der Waals surface area contributed by atoms with Gasteiger partial charge in [-0.15, -0.1) is 0 Å². The second-order valence-electron chi connectivity index (χ2n) is 10.7. The van der Waals surface area contributed by atoms with E-state index < -0.39 is 39.3 Å². The Morgan fingerprint density at radius 3 is 2.44 bits per heavy atom. The van der Waals surface area contributed by atoms with Crippen LogP contribution in [0.1, 0.15) is 82.8 Å². The molecule has 2 aromatic rings. The van der Waals surface area contributed by atoms with Gasteiger partial charge in [0.15, 0.2) is 9.84 Å². The molecule has 1 amide bonds. The summed E-state index contributed by atoms with van der Waals surface area (Å²) in [6, 6.07) is 12.2. The quantitative estimate of drug-likeness (QED) is 0.276. The van der Waals surface area contributed by atoms with Crippen LogP contribution in [0.5, 0.6) is 0 Å². The predicted octanol–water partition coefficient (Wildman–Crippen LogP) is 5.88. The minimum Gasteiger partial charge on any atom is -0.392 e. The monoisotopic (exact) mass is 558 g/mol. The van der Waals surface area contributed by atoms with Gasteiger partial charge in [-0.2, -0.15) is 0 Å². The summed E-state index contributed by atoms with van der Waals surface area (Å²) in [7, 11) is 0.0646. The average molecular weight is 559 g/mol. The maximum absolute atomic E-state index is 13.8. The summed E-state index contributed by atoms with van der Waals surface area (Å²) in [4.78, 5) is 26.4. The zero-order chi connectivity index (χ0) is 28.8. The van der Waals surface area contributed by atoms with E-state index in [9.17, 15) is 23.1 Å². The number of fused-ring (bicyclic) bond motifs is 1. The smallest absolute Gasteiger partial charge is 0.392 e. The minimum absolute atomic E-state index is 0.132. The van der Waals surface area contributed by atoms with Crippen LogP contribution in [0.15, 0.2) is 47.4 Å². The molecule has 8 nitrogen and oxygen atoms in total. The van der Waals surface area contributed by atoms with Crippen molar-refractivity contribution in [1.29, 1.82) is 0 Å². The lowest BCUT2D eigenvalue weighted by Crippen LogP contribution is -2.42. The molecule has 1 aliphatic heterocycles. The number of anilines is 2. The highest BCUT2D eigenvalue weighted by molar-refractivity contribution is 7.91. The molecule has 0 saturated carbocycles. The van der Waals surface area contributed by atoms with Crippen molar-refractivity contribution in [2.24, 2.45) is 5.41 Å². The van der Waals surface area contributed by atoms with Crippen molar-refractivity contribution in [3.63, 3.8) is 0 Å². The van der Waals surface area contributed by atoms with Crippen molar-refractivity contribution in [1.82, 2.24) is 0 Å². The highest BCUT2D eigenvalue weighted by atomic mass is 32.2. The number of carbonyl (C=O) groups excluding carboxylic acids is 2. The van der Waals surface area contributed by atoms with Crippen molar-refractivity contribution in [2.45, 2.75) is 82.6 Å². The Balaban J connectivity index is 2.11. The van der Waals surface area contributed by atoms with E-state index in [0.29, 0.717) is 36.1 Å². The molecule has 2 N–H and O–H groups in total. The molecule has 9 heteroatoms. The molecule has 3 atom stereocenters. The fourth-order valence-corrected chi connectivity index (χ4v) is 7.68. The maximum atomic E-state index is 13.8. The summed E-state index contributed by atoms with van der Waals surface area (Å²) >= 11 is 0. The fraction of sp³-hybridized carbons (Fsp3) is 0.533. The molecule has 0 radical (unpaired) electrons. The molecule has 1 heterocycles. The second-order valence-corrected chi connectivity index (χ2v) is 12.7. The number of aliphatic hydroxyl groups is 1.